The van der Waals surface area contributed by atoms with Gasteiger partial charge >= 0.3 is 0 Å². The molecule has 4 rings (SSSR count). The molecule has 0 fully saturated rings. The van der Waals surface area contributed by atoms with E-state index in [1.54, 1.807) is 11.8 Å². The van der Waals surface area contributed by atoms with Crippen LogP contribution in [0, 0.1) is 13.8 Å². The van der Waals surface area contributed by atoms with E-state index in [0.29, 0.717) is 22.0 Å². The highest BCUT2D eigenvalue weighted by molar-refractivity contribution is 7.98. The minimum absolute atomic E-state index is 0.0751. The van der Waals surface area contributed by atoms with Crippen molar-refractivity contribution < 1.29 is 9.21 Å². The van der Waals surface area contributed by atoms with E-state index in [1.165, 1.54) is 23.1 Å². The fourth-order valence-corrected chi connectivity index (χ4v) is 4.63. The van der Waals surface area contributed by atoms with Crippen LogP contribution in [0.5, 0.6) is 0 Å². The Balaban J connectivity index is 1.47. The molecule has 0 spiro atoms. The van der Waals surface area contributed by atoms with Gasteiger partial charge in [0.05, 0.1) is 11.4 Å². The SMILES string of the molecule is CC(=O)N(c1cccc(C)c1)c1nc(CSc2nnc(-c3ccccc3C)o2)cs1. The zero-order chi connectivity index (χ0) is 21.1. The Morgan fingerprint density at radius 2 is 1.97 bits per heavy atom. The van der Waals surface area contributed by atoms with Crippen LogP contribution in [0.1, 0.15) is 23.7 Å². The van der Waals surface area contributed by atoms with Gasteiger partial charge in [0.1, 0.15) is 0 Å². The van der Waals surface area contributed by atoms with Crippen molar-refractivity contribution in [2.45, 2.75) is 31.7 Å². The molecule has 2 aromatic heterocycles. The molecule has 0 atom stereocenters. The van der Waals surface area contributed by atoms with Gasteiger partial charge in [-0.05, 0) is 43.2 Å². The maximum atomic E-state index is 12.3. The van der Waals surface area contributed by atoms with Crippen molar-refractivity contribution in [3.8, 4) is 11.5 Å². The molecule has 0 saturated heterocycles. The molecule has 4 aromatic rings. The summed E-state index contributed by atoms with van der Waals surface area (Å²) in [6.45, 7) is 5.56. The van der Waals surface area contributed by atoms with Crippen LogP contribution in [-0.4, -0.2) is 21.1 Å². The number of amides is 1. The van der Waals surface area contributed by atoms with E-state index in [2.05, 4.69) is 15.2 Å². The highest BCUT2D eigenvalue weighted by atomic mass is 32.2. The third kappa shape index (κ3) is 4.44. The van der Waals surface area contributed by atoms with Gasteiger partial charge in [-0.25, -0.2) is 4.98 Å². The number of anilines is 2. The summed E-state index contributed by atoms with van der Waals surface area (Å²) in [6.07, 6.45) is 0. The molecule has 0 saturated carbocycles. The van der Waals surface area contributed by atoms with Crippen molar-refractivity contribution in [3.63, 3.8) is 0 Å². The lowest BCUT2D eigenvalue weighted by atomic mass is 10.1. The lowest BCUT2D eigenvalue weighted by molar-refractivity contribution is -0.115. The summed E-state index contributed by atoms with van der Waals surface area (Å²) in [5.41, 5.74) is 4.78. The van der Waals surface area contributed by atoms with E-state index in [1.807, 2.05) is 67.8 Å². The van der Waals surface area contributed by atoms with Gasteiger partial charge in [-0.15, -0.1) is 21.5 Å². The number of thioether (sulfide) groups is 1. The van der Waals surface area contributed by atoms with Gasteiger partial charge in [0.25, 0.3) is 5.22 Å². The monoisotopic (exact) mass is 436 g/mol. The van der Waals surface area contributed by atoms with Gasteiger partial charge in [-0.1, -0.05) is 42.1 Å². The predicted octanol–water partition coefficient (Wildman–Crippen LogP) is 5.79. The molecule has 2 aromatic carbocycles. The van der Waals surface area contributed by atoms with Crippen LogP contribution >= 0.6 is 23.1 Å². The van der Waals surface area contributed by atoms with E-state index in [9.17, 15) is 4.79 Å². The molecule has 0 N–H and O–H groups in total. The maximum Gasteiger partial charge on any atom is 0.277 e. The Morgan fingerprint density at radius 3 is 2.73 bits per heavy atom. The fourth-order valence-electron chi connectivity index (χ4n) is 2.98. The van der Waals surface area contributed by atoms with Crippen LogP contribution in [0.3, 0.4) is 0 Å². The van der Waals surface area contributed by atoms with Crippen LogP contribution in [0.25, 0.3) is 11.5 Å². The summed E-state index contributed by atoms with van der Waals surface area (Å²) in [5, 5.41) is 11.4. The van der Waals surface area contributed by atoms with E-state index >= 15 is 0 Å². The third-order valence-corrected chi connectivity index (χ3v) is 6.16. The van der Waals surface area contributed by atoms with Crippen molar-refractivity contribution in [1.82, 2.24) is 15.2 Å². The van der Waals surface area contributed by atoms with Gasteiger partial charge in [0.2, 0.25) is 11.8 Å². The molecule has 8 heteroatoms. The maximum absolute atomic E-state index is 12.3. The molecule has 30 heavy (non-hydrogen) atoms. The Hall–Kier alpha value is -2.97. The fraction of sp³-hybridized carbons (Fsp3) is 0.182. The molecule has 1 amide bonds. The summed E-state index contributed by atoms with van der Waals surface area (Å²) in [7, 11) is 0. The number of aromatic nitrogens is 3. The summed E-state index contributed by atoms with van der Waals surface area (Å²) in [6, 6.07) is 15.7. The van der Waals surface area contributed by atoms with E-state index < -0.39 is 0 Å². The lowest BCUT2D eigenvalue weighted by Gasteiger charge is -2.18. The van der Waals surface area contributed by atoms with Gasteiger partial charge < -0.3 is 4.42 Å². The van der Waals surface area contributed by atoms with Crippen molar-refractivity contribution >= 4 is 39.8 Å². The molecule has 152 valence electrons. The molecular weight excluding hydrogens is 416 g/mol. The second-order valence-electron chi connectivity index (χ2n) is 6.79. The number of aryl methyl sites for hydroxylation is 2. The van der Waals surface area contributed by atoms with Crippen molar-refractivity contribution in [3.05, 3.63) is 70.7 Å². The summed E-state index contributed by atoms with van der Waals surface area (Å²) in [5.74, 6) is 1.01. The predicted molar refractivity (Wildman–Crippen MR) is 120 cm³/mol. The average molecular weight is 437 g/mol. The molecule has 0 aliphatic carbocycles. The smallest absolute Gasteiger partial charge is 0.277 e. The zero-order valence-electron chi connectivity index (χ0n) is 16.8. The summed E-state index contributed by atoms with van der Waals surface area (Å²) in [4.78, 5) is 18.5. The number of nitrogens with zero attached hydrogens (tertiary/aromatic N) is 4. The summed E-state index contributed by atoms with van der Waals surface area (Å²) >= 11 is 2.87. The Bertz CT molecular complexity index is 1190. The molecule has 0 radical (unpaired) electrons. The minimum atomic E-state index is -0.0751. The number of carbonyl (C=O) groups is 1. The van der Waals surface area contributed by atoms with Crippen LogP contribution in [0.15, 0.2) is 63.6 Å². The highest BCUT2D eigenvalue weighted by Gasteiger charge is 2.18. The van der Waals surface area contributed by atoms with E-state index in [4.69, 9.17) is 4.42 Å². The first-order valence-electron chi connectivity index (χ1n) is 9.35. The first kappa shape index (κ1) is 20.3. The lowest BCUT2D eigenvalue weighted by Crippen LogP contribution is -2.22. The second-order valence-corrected chi connectivity index (χ2v) is 8.55. The number of carbonyl (C=O) groups excluding carboxylic acids is 1. The molecule has 0 aliphatic rings. The second kappa shape index (κ2) is 8.81. The van der Waals surface area contributed by atoms with Crippen LogP contribution < -0.4 is 4.90 Å². The van der Waals surface area contributed by atoms with Crippen LogP contribution in [0.4, 0.5) is 10.8 Å². The molecule has 2 heterocycles. The number of rotatable bonds is 6. The van der Waals surface area contributed by atoms with Crippen LogP contribution in [-0.2, 0) is 10.5 Å². The molecular formula is C22H20N4O2S2. The van der Waals surface area contributed by atoms with Crippen LogP contribution in [0.2, 0.25) is 0 Å². The highest BCUT2D eigenvalue weighted by Crippen LogP contribution is 2.32. The van der Waals surface area contributed by atoms with Gasteiger partial charge in [0.15, 0.2) is 5.13 Å². The number of hydrogen-bond acceptors (Lipinski definition) is 7. The molecule has 0 unspecified atom stereocenters. The number of thiazole rings is 1. The van der Waals surface area contributed by atoms with Gasteiger partial charge in [-0.2, -0.15) is 0 Å². The number of hydrogen-bond donors (Lipinski definition) is 0. The van der Waals surface area contributed by atoms with E-state index in [0.717, 1.165) is 28.1 Å². The van der Waals surface area contributed by atoms with E-state index in [-0.39, 0.29) is 5.91 Å². The Kier molecular flexibility index (Phi) is 5.96. The van der Waals surface area contributed by atoms with Crippen molar-refractivity contribution in [1.29, 1.82) is 0 Å². The van der Waals surface area contributed by atoms with Crippen molar-refractivity contribution in [2.24, 2.45) is 0 Å². The first-order valence-corrected chi connectivity index (χ1v) is 11.2. The summed E-state index contributed by atoms with van der Waals surface area (Å²) < 4.78 is 5.80. The quantitative estimate of drug-likeness (QED) is 0.356. The van der Waals surface area contributed by atoms with Gasteiger partial charge in [-0.3, -0.25) is 9.69 Å². The standard InChI is InChI=1S/C22H20N4O2S2/c1-14-7-6-9-18(11-14)26(16(3)27)21-23-17(12-29-21)13-30-22-25-24-20(28-22)19-10-5-4-8-15(19)2/h4-12H,13H2,1-3H3. The Labute approximate surface area is 183 Å². The normalized spacial score (nSPS) is 10.9. The number of benzene rings is 2. The Morgan fingerprint density at radius 1 is 1.13 bits per heavy atom. The molecule has 0 aliphatic heterocycles. The third-order valence-electron chi connectivity index (χ3n) is 4.43. The van der Waals surface area contributed by atoms with Crippen molar-refractivity contribution in [2.75, 3.05) is 4.90 Å². The molecule has 0 bridgehead atoms. The largest absolute Gasteiger partial charge is 0.411 e. The topological polar surface area (TPSA) is 72.1 Å². The zero-order valence-corrected chi connectivity index (χ0v) is 18.5. The first-order chi connectivity index (χ1) is 14.5. The van der Waals surface area contributed by atoms with Gasteiger partial charge in [0, 0.05) is 23.6 Å². The average Bonchev–Trinajstić information content (AvgIpc) is 3.36. The molecule has 6 nitrogen and oxygen atoms in total. The minimum Gasteiger partial charge on any atom is -0.411 e.